The van der Waals surface area contributed by atoms with E-state index >= 15 is 0 Å². The van der Waals surface area contributed by atoms with E-state index in [2.05, 4.69) is 0 Å². The van der Waals surface area contributed by atoms with Crippen LogP contribution in [0.25, 0.3) is 0 Å². The molecule has 96 valence electrons. The fraction of sp³-hybridized carbons (Fsp3) is 0.833. The first kappa shape index (κ1) is 12.4. The number of amides is 1. The number of likely N-dealkylation sites (N-methyl/N-ethyl adjacent to an activating group) is 1. The zero-order chi connectivity index (χ0) is 12.4. The van der Waals surface area contributed by atoms with Crippen LogP contribution in [0.15, 0.2) is 0 Å². The fourth-order valence-corrected chi connectivity index (χ4v) is 2.82. The minimum atomic E-state index is -0.836. The van der Waals surface area contributed by atoms with Gasteiger partial charge < -0.3 is 14.7 Å². The molecular weight excluding hydrogens is 222 g/mol. The highest BCUT2D eigenvalue weighted by Gasteiger charge is 2.40. The number of carbonyl (C=O) groups excluding carboxylic acids is 1. The van der Waals surface area contributed by atoms with Gasteiger partial charge in [-0.1, -0.05) is 6.42 Å². The maximum absolute atomic E-state index is 12.3. The Bertz CT molecular complexity index is 312. The molecule has 5 heteroatoms. The van der Waals surface area contributed by atoms with Crippen LogP contribution in [0.5, 0.6) is 0 Å². The van der Waals surface area contributed by atoms with Crippen molar-refractivity contribution < 1.29 is 19.4 Å². The number of hydrogen-bond acceptors (Lipinski definition) is 3. The van der Waals surface area contributed by atoms with Gasteiger partial charge in [0.05, 0.1) is 24.5 Å². The first-order valence-corrected chi connectivity index (χ1v) is 6.18. The largest absolute Gasteiger partial charge is 0.481 e. The normalized spacial score (nSPS) is 32.6. The van der Waals surface area contributed by atoms with Crippen LogP contribution in [-0.2, 0) is 14.3 Å². The predicted octanol–water partition coefficient (Wildman–Crippen LogP) is 0.735. The molecule has 0 spiro atoms. The molecule has 1 aliphatic carbocycles. The Hall–Kier alpha value is -1.10. The van der Waals surface area contributed by atoms with Crippen LogP contribution in [0.1, 0.15) is 25.7 Å². The third kappa shape index (κ3) is 2.44. The van der Waals surface area contributed by atoms with Gasteiger partial charge in [0.1, 0.15) is 0 Å². The molecule has 1 amide bonds. The first-order valence-electron chi connectivity index (χ1n) is 6.18. The van der Waals surface area contributed by atoms with Gasteiger partial charge in [-0.2, -0.15) is 0 Å². The Morgan fingerprint density at radius 1 is 1.24 bits per heavy atom. The second-order valence-corrected chi connectivity index (χ2v) is 4.95. The Labute approximate surface area is 101 Å². The third-order valence-electron chi connectivity index (χ3n) is 3.95. The van der Waals surface area contributed by atoms with E-state index < -0.39 is 11.9 Å². The summed E-state index contributed by atoms with van der Waals surface area (Å²) in [7, 11) is 1.76. The number of ether oxygens (including phenoxy) is 1. The molecule has 1 saturated heterocycles. The van der Waals surface area contributed by atoms with Gasteiger partial charge in [-0.15, -0.1) is 0 Å². The molecule has 1 heterocycles. The van der Waals surface area contributed by atoms with Crippen LogP contribution in [0.2, 0.25) is 0 Å². The molecule has 2 rings (SSSR count). The Morgan fingerprint density at radius 3 is 2.53 bits per heavy atom. The molecule has 1 saturated carbocycles. The van der Waals surface area contributed by atoms with Gasteiger partial charge in [0.15, 0.2) is 0 Å². The van der Waals surface area contributed by atoms with Crippen molar-refractivity contribution in [1.82, 2.24) is 4.90 Å². The van der Waals surface area contributed by atoms with Gasteiger partial charge >= 0.3 is 5.97 Å². The summed E-state index contributed by atoms with van der Waals surface area (Å²) in [4.78, 5) is 25.0. The lowest BCUT2D eigenvalue weighted by molar-refractivity contribution is -0.149. The number of hydrogen-bond donors (Lipinski definition) is 1. The molecular formula is C12H19NO4. The van der Waals surface area contributed by atoms with Crippen LogP contribution in [-0.4, -0.2) is 48.2 Å². The summed E-state index contributed by atoms with van der Waals surface area (Å²) >= 11 is 0. The summed E-state index contributed by atoms with van der Waals surface area (Å²) in [5.41, 5.74) is 0. The van der Waals surface area contributed by atoms with E-state index in [-0.39, 0.29) is 17.9 Å². The average molecular weight is 241 g/mol. The Kier molecular flexibility index (Phi) is 3.66. The lowest BCUT2D eigenvalue weighted by atomic mass is 9.94. The Balaban J connectivity index is 2.00. The number of aliphatic carboxylic acids is 1. The summed E-state index contributed by atoms with van der Waals surface area (Å²) in [6, 6.07) is 0.123. The molecule has 2 fully saturated rings. The molecule has 1 N–H and O–H groups in total. The van der Waals surface area contributed by atoms with E-state index in [1.807, 2.05) is 0 Å². The van der Waals surface area contributed by atoms with E-state index in [1.54, 1.807) is 11.9 Å². The summed E-state index contributed by atoms with van der Waals surface area (Å²) in [6.07, 6.45) is 3.02. The summed E-state index contributed by atoms with van der Waals surface area (Å²) in [5, 5.41) is 9.08. The monoisotopic (exact) mass is 241 g/mol. The second-order valence-electron chi connectivity index (χ2n) is 4.95. The zero-order valence-electron chi connectivity index (χ0n) is 10.1. The van der Waals surface area contributed by atoms with E-state index in [0.29, 0.717) is 26.1 Å². The van der Waals surface area contributed by atoms with Gasteiger partial charge in [-0.3, -0.25) is 9.59 Å². The van der Waals surface area contributed by atoms with Crippen molar-refractivity contribution in [3.8, 4) is 0 Å². The van der Waals surface area contributed by atoms with Crippen LogP contribution in [0, 0.1) is 11.8 Å². The minimum Gasteiger partial charge on any atom is -0.481 e. The van der Waals surface area contributed by atoms with E-state index in [9.17, 15) is 9.59 Å². The highest BCUT2D eigenvalue weighted by Crippen LogP contribution is 2.33. The molecule has 1 aliphatic heterocycles. The first-order chi connectivity index (χ1) is 8.11. The number of carbonyl (C=O) groups is 2. The van der Waals surface area contributed by atoms with Gasteiger partial charge in [-0.05, 0) is 19.3 Å². The van der Waals surface area contributed by atoms with Gasteiger partial charge in [0.25, 0.3) is 0 Å². The quantitative estimate of drug-likeness (QED) is 0.791. The maximum Gasteiger partial charge on any atom is 0.307 e. The lowest BCUT2D eigenvalue weighted by Crippen LogP contribution is -2.43. The molecule has 17 heavy (non-hydrogen) atoms. The molecule has 2 aliphatic rings. The predicted molar refractivity (Wildman–Crippen MR) is 60.5 cm³/mol. The van der Waals surface area contributed by atoms with Crippen molar-refractivity contribution in [2.45, 2.75) is 31.7 Å². The molecule has 0 aromatic rings. The molecule has 3 atom stereocenters. The number of nitrogens with zero attached hydrogens (tertiary/aromatic N) is 1. The standard InChI is InChI=1S/C12H19NO4/c1-13(8-5-6-17-7-8)11(14)9-3-2-4-10(9)12(15)16/h8-10H,2-7H2,1H3,(H,15,16). The second kappa shape index (κ2) is 5.04. The highest BCUT2D eigenvalue weighted by molar-refractivity contribution is 5.85. The number of carboxylic acids is 1. The zero-order valence-corrected chi connectivity index (χ0v) is 10.1. The smallest absolute Gasteiger partial charge is 0.307 e. The third-order valence-corrected chi connectivity index (χ3v) is 3.95. The molecule has 3 unspecified atom stereocenters. The van der Waals surface area contributed by atoms with Crippen LogP contribution in [0.4, 0.5) is 0 Å². The summed E-state index contributed by atoms with van der Waals surface area (Å²) in [5.74, 6) is -1.69. The van der Waals surface area contributed by atoms with E-state index in [1.165, 1.54) is 0 Å². The summed E-state index contributed by atoms with van der Waals surface area (Å²) < 4.78 is 5.26. The van der Waals surface area contributed by atoms with E-state index in [4.69, 9.17) is 9.84 Å². The Morgan fingerprint density at radius 2 is 1.94 bits per heavy atom. The van der Waals surface area contributed by atoms with Gasteiger partial charge in [0.2, 0.25) is 5.91 Å². The molecule has 0 radical (unpaired) electrons. The topological polar surface area (TPSA) is 66.8 Å². The van der Waals surface area contributed by atoms with Crippen molar-refractivity contribution in [2.24, 2.45) is 11.8 Å². The SMILES string of the molecule is CN(C(=O)C1CCCC1C(=O)O)C1CCOC1. The van der Waals surface area contributed by atoms with Crippen molar-refractivity contribution >= 4 is 11.9 Å². The van der Waals surface area contributed by atoms with Crippen molar-refractivity contribution in [2.75, 3.05) is 20.3 Å². The van der Waals surface area contributed by atoms with Crippen molar-refractivity contribution in [1.29, 1.82) is 0 Å². The van der Waals surface area contributed by atoms with Crippen LogP contribution in [0.3, 0.4) is 0 Å². The van der Waals surface area contributed by atoms with Crippen LogP contribution >= 0.6 is 0 Å². The number of rotatable bonds is 3. The van der Waals surface area contributed by atoms with Crippen molar-refractivity contribution in [3.05, 3.63) is 0 Å². The lowest BCUT2D eigenvalue weighted by Gasteiger charge is -2.27. The van der Waals surface area contributed by atoms with Crippen LogP contribution < -0.4 is 0 Å². The van der Waals surface area contributed by atoms with E-state index in [0.717, 1.165) is 12.8 Å². The molecule has 0 aromatic heterocycles. The maximum atomic E-state index is 12.3. The summed E-state index contributed by atoms with van der Waals surface area (Å²) in [6.45, 7) is 1.27. The molecule has 0 aromatic carbocycles. The molecule has 0 bridgehead atoms. The number of carboxylic acid groups (broad SMARTS) is 1. The average Bonchev–Trinajstić information content (AvgIpc) is 2.97. The highest BCUT2D eigenvalue weighted by atomic mass is 16.5. The van der Waals surface area contributed by atoms with Crippen molar-refractivity contribution in [3.63, 3.8) is 0 Å². The molecule has 5 nitrogen and oxygen atoms in total. The fourth-order valence-electron chi connectivity index (χ4n) is 2.82. The minimum absolute atomic E-state index is 0.0228. The van der Waals surface area contributed by atoms with Gasteiger partial charge in [0, 0.05) is 13.7 Å². The van der Waals surface area contributed by atoms with Gasteiger partial charge in [-0.25, -0.2) is 0 Å².